The first-order valence-corrected chi connectivity index (χ1v) is 9.24. The second-order valence-electron chi connectivity index (χ2n) is 6.05. The van der Waals surface area contributed by atoms with Crippen LogP contribution in [0, 0.1) is 0 Å². The quantitative estimate of drug-likeness (QED) is 0.606. The number of methoxy groups -OCH3 is 1. The fraction of sp³-hybridized carbons (Fsp3) is 0.190. The van der Waals surface area contributed by atoms with Crippen LogP contribution in [0.25, 0.3) is 0 Å². The van der Waals surface area contributed by atoms with Gasteiger partial charge < -0.3 is 15.4 Å². The molecule has 1 heterocycles. The van der Waals surface area contributed by atoms with Crippen LogP contribution in [0.15, 0.2) is 60.9 Å². The lowest BCUT2D eigenvalue weighted by molar-refractivity contribution is 0.0948. The molecule has 6 nitrogen and oxygen atoms in total. The number of halogens is 1. The van der Waals surface area contributed by atoms with Crippen molar-refractivity contribution in [3.8, 4) is 5.75 Å². The highest BCUT2D eigenvalue weighted by molar-refractivity contribution is 6.31. The maximum Gasteiger partial charge on any atom is 0.271 e. The minimum absolute atomic E-state index is 0.264. The molecule has 144 valence electrons. The molecule has 0 aliphatic carbocycles. The van der Waals surface area contributed by atoms with Gasteiger partial charge in [-0.25, -0.2) is 9.97 Å². The van der Waals surface area contributed by atoms with Gasteiger partial charge in [-0.05, 0) is 29.7 Å². The zero-order valence-electron chi connectivity index (χ0n) is 15.5. The Bertz CT molecular complexity index is 932. The molecule has 0 radical (unpaired) electrons. The smallest absolute Gasteiger partial charge is 0.271 e. The molecule has 0 atom stereocenters. The first kappa shape index (κ1) is 19.6. The van der Waals surface area contributed by atoms with Gasteiger partial charge in [0.1, 0.15) is 17.3 Å². The monoisotopic (exact) mass is 396 g/mol. The summed E-state index contributed by atoms with van der Waals surface area (Å²) in [6.07, 6.45) is 3.65. The lowest BCUT2D eigenvalue weighted by Gasteiger charge is -2.09. The zero-order chi connectivity index (χ0) is 19.8. The van der Waals surface area contributed by atoms with Gasteiger partial charge in [0.2, 0.25) is 0 Å². The normalized spacial score (nSPS) is 10.4. The molecule has 0 aliphatic rings. The highest BCUT2D eigenvalue weighted by atomic mass is 35.5. The number of ether oxygens (including phenoxy) is 1. The topological polar surface area (TPSA) is 76.1 Å². The van der Waals surface area contributed by atoms with Crippen molar-refractivity contribution >= 4 is 23.3 Å². The summed E-state index contributed by atoms with van der Waals surface area (Å²) >= 11 is 6.13. The summed E-state index contributed by atoms with van der Waals surface area (Å²) in [6, 6.07) is 15.3. The van der Waals surface area contributed by atoms with Gasteiger partial charge in [0.25, 0.3) is 5.91 Å². The molecule has 0 saturated heterocycles. The van der Waals surface area contributed by atoms with E-state index in [0.29, 0.717) is 30.4 Å². The molecule has 0 saturated carbocycles. The molecule has 1 aromatic heterocycles. The van der Waals surface area contributed by atoms with Crippen molar-refractivity contribution in [1.29, 1.82) is 0 Å². The Hall–Kier alpha value is -3.12. The molecule has 28 heavy (non-hydrogen) atoms. The second kappa shape index (κ2) is 9.71. The van der Waals surface area contributed by atoms with Gasteiger partial charge >= 0.3 is 0 Å². The number of nitrogens with zero attached hydrogens (tertiary/aromatic N) is 2. The van der Waals surface area contributed by atoms with E-state index >= 15 is 0 Å². The van der Waals surface area contributed by atoms with Crippen LogP contribution < -0.4 is 15.4 Å². The maximum absolute atomic E-state index is 12.2. The molecule has 7 heteroatoms. The number of hydrogen-bond acceptors (Lipinski definition) is 5. The van der Waals surface area contributed by atoms with Crippen LogP contribution in [0.3, 0.4) is 0 Å². The number of para-hydroxylation sites is 1. The average molecular weight is 397 g/mol. The Morgan fingerprint density at radius 2 is 1.79 bits per heavy atom. The SMILES string of the molecule is COc1ccccc1CCNC(=O)c1cnc(NCc2ccccc2Cl)cn1. The lowest BCUT2D eigenvalue weighted by atomic mass is 10.1. The molecule has 0 spiro atoms. The third kappa shape index (κ3) is 5.20. The molecule has 0 fully saturated rings. The van der Waals surface area contributed by atoms with Crippen molar-refractivity contribution in [3.05, 3.63) is 82.8 Å². The number of carbonyl (C=O) groups is 1. The van der Waals surface area contributed by atoms with E-state index in [-0.39, 0.29) is 11.6 Å². The number of hydrogen-bond donors (Lipinski definition) is 2. The molecule has 0 aliphatic heterocycles. The summed E-state index contributed by atoms with van der Waals surface area (Å²) in [4.78, 5) is 20.7. The fourth-order valence-corrected chi connectivity index (χ4v) is 2.88. The number of amides is 1. The molecule has 2 N–H and O–H groups in total. The average Bonchev–Trinajstić information content (AvgIpc) is 2.74. The molecule has 0 bridgehead atoms. The van der Waals surface area contributed by atoms with Gasteiger partial charge in [0, 0.05) is 18.1 Å². The number of benzene rings is 2. The molecular formula is C21H21ClN4O2. The minimum Gasteiger partial charge on any atom is -0.496 e. The van der Waals surface area contributed by atoms with Crippen molar-refractivity contribution < 1.29 is 9.53 Å². The Balaban J connectivity index is 1.50. The third-order valence-corrected chi connectivity index (χ3v) is 4.54. The van der Waals surface area contributed by atoms with E-state index in [1.54, 1.807) is 7.11 Å². The minimum atomic E-state index is -0.264. The van der Waals surface area contributed by atoms with E-state index < -0.39 is 0 Å². The number of nitrogens with one attached hydrogen (secondary N) is 2. The van der Waals surface area contributed by atoms with Gasteiger partial charge in [-0.3, -0.25) is 4.79 Å². The molecule has 0 unspecified atom stereocenters. The third-order valence-electron chi connectivity index (χ3n) is 4.17. The number of anilines is 1. The van der Waals surface area contributed by atoms with Gasteiger partial charge in [0.05, 0.1) is 19.5 Å². The molecule has 2 aromatic carbocycles. The molecule has 1 amide bonds. The van der Waals surface area contributed by atoms with Crippen LogP contribution in [0.2, 0.25) is 5.02 Å². The summed E-state index contributed by atoms with van der Waals surface area (Å²) in [5, 5.41) is 6.68. The summed E-state index contributed by atoms with van der Waals surface area (Å²) in [6.45, 7) is 1.01. The van der Waals surface area contributed by atoms with Crippen LogP contribution in [0.4, 0.5) is 5.82 Å². The van der Waals surface area contributed by atoms with Crippen LogP contribution >= 0.6 is 11.6 Å². The fourth-order valence-electron chi connectivity index (χ4n) is 2.67. The van der Waals surface area contributed by atoms with Crippen LogP contribution in [-0.2, 0) is 13.0 Å². The zero-order valence-corrected chi connectivity index (χ0v) is 16.2. The van der Waals surface area contributed by atoms with E-state index in [0.717, 1.165) is 16.9 Å². The summed E-state index contributed by atoms with van der Waals surface area (Å²) < 4.78 is 5.31. The van der Waals surface area contributed by atoms with Crippen LogP contribution in [0.5, 0.6) is 5.75 Å². The summed E-state index contributed by atoms with van der Waals surface area (Å²) in [5.41, 5.74) is 2.27. The maximum atomic E-state index is 12.2. The lowest BCUT2D eigenvalue weighted by Crippen LogP contribution is -2.26. The van der Waals surface area contributed by atoms with Crippen molar-refractivity contribution in [2.24, 2.45) is 0 Å². The van der Waals surface area contributed by atoms with Gasteiger partial charge in [-0.15, -0.1) is 0 Å². The first-order valence-electron chi connectivity index (χ1n) is 8.87. The highest BCUT2D eigenvalue weighted by Crippen LogP contribution is 2.17. The van der Waals surface area contributed by atoms with Gasteiger partial charge in [-0.1, -0.05) is 48.0 Å². The van der Waals surface area contributed by atoms with Gasteiger partial charge in [0.15, 0.2) is 0 Å². The van der Waals surface area contributed by atoms with Crippen molar-refractivity contribution in [3.63, 3.8) is 0 Å². The number of rotatable bonds is 8. The predicted molar refractivity (Wildman–Crippen MR) is 110 cm³/mol. The van der Waals surface area contributed by atoms with E-state index in [4.69, 9.17) is 16.3 Å². The van der Waals surface area contributed by atoms with E-state index in [2.05, 4.69) is 20.6 Å². The van der Waals surface area contributed by atoms with Crippen LogP contribution in [0.1, 0.15) is 21.6 Å². The number of carbonyl (C=O) groups excluding carboxylic acids is 1. The Morgan fingerprint density at radius 3 is 2.50 bits per heavy atom. The van der Waals surface area contributed by atoms with Crippen molar-refractivity contribution in [2.45, 2.75) is 13.0 Å². The van der Waals surface area contributed by atoms with E-state index in [1.807, 2.05) is 48.5 Å². The Kier molecular flexibility index (Phi) is 6.81. The standard InChI is InChI=1S/C21H21ClN4O2/c1-28-19-9-5-3-6-15(19)10-11-23-21(27)18-13-26-20(14-24-18)25-12-16-7-2-4-8-17(16)22/h2-9,13-14H,10-12H2,1H3,(H,23,27)(H,25,26). The van der Waals surface area contributed by atoms with Crippen molar-refractivity contribution in [1.82, 2.24) is 15.3 Å². The Morgan fingerprint density at radius 1 is 1.04 bits per heavy atom. The molecule has 3 aromatic rings. The predicted octanol–water partition coefficient (Wildman–Crippen LogP) is 3.72. The Labute approximate surface area is 168 Å². The summed E-state index contributed by atoms with van der Waals surface area (Å²) in [7, 11) is 1.63. The first-order chi connectivity index (χ1) is 13.7. The number of aromatic nitrogens is 2. The van der Waals surface area contributed by atoms with E-state index in [9.17, 15) is 4.79 Å². The van der Waals surface area contributed by atoms with E-state index in [1.165, 1.54) is 12.4 Å². The van der Waals surface area contributed by atoms with Gasteiger partial charge in [-0.2, -0.15) is 0 Å². The van der Waals surface area contributed by atoms with Crippen molar-refractivity contribution in [2.75, 3.05) is 19.0 Å². The van der Waals surface area contributed by atoms with Crippen LogP contribution in [-0.4, -0.2) is 29.5 Å². The molecule has 3 rings (SSSR count). The largest absolute Gasteiger partial charge is 0.496 e. The second-order valence-corrected chi connectivity index (χ2v) is 6.46. The summed E-state index contributed by atoms with van der Waals surface area (Å²) in [5.74, 6) is 1.12. The molecular weight excluding hydrogens is 376 g/mol. The highest BCUT2D eigenvalue weighted by Gasteiger charge is 2.09.